The topological polar surface area (TPSA) is 71.4 Å². The van der Waals surface area contributed by atoms with Gasteiger partial charge in [-0.2, -0.15) is 0 Å². The molecule has 1 unspecified atom stereocenters. The van der Waals surface area contributed by atoms with Gasteiger partial charge in [0.1, 0.15) is 0 Å². The first-order valence-corrected chi connectivity index (χ1v) is 9.70. The van der Waals surface area contributed by atoms with E-state index in [4.69, 9.17) is 0 Å². The van der Waals surface area contributed by atoms with Gasteiger partial charge in [-0.3, -0.25) is 14.4 Å². The molecule has 0 aliphatic carbocycles. The number of benzene rings is 1. The van der Waals surface area contributed by atoms with Gasteiger partial charge >= 0.3 is 0 Å². The first kappa shape index (κ1) is 18.3. The summed E-state index contributed by atoms with van der Waals surface area (Å²) in [5.74, 6) is -0.673. The molecule has 136 valence electrons. The highest BCUT2D eigenvalue weighted by Crippen LogP contribution is 2.27. The van der Waals surface area contributed by atoms with Crippen LogP contribution in [0.2, 0.25) is 0 Å². The van der Waals surface area contributed by atoms with E-state index in [0.29, 0.717) is 18.8 Å². The standard InChI is InChI=1S/C19H21N3O3S/c1-3-21-12-14(4-9-17(21)23)20-19(25)13-10-18(24)22(11-13)15-5-7-16(26-2)8-6-15/h4-9,12-13H,3,10-11H2,1-2H3,(H,20,25). The van der Waals surface area contributed by atoms with E-state index in [9.17, 15) is 14.4 Å². The van der Waals surface area contributed by atoms with E-state index in [1.165, 1.54) is 10.6 Å². The van der Waals surface area contributed by atoms with E-state index >= 15 is 0 Å². The Labute approximate surface area is 156 Å². The van der Waals surface area contributed by atoms with Crippen LogP contribution in [-0.4, -0.2) is 29.2 Å². The highest BCUT2D eigenvalue weighted by Gasteiger charge is 2.35. The lowest BCUT2D eigenvalue weighted by atomic mass is 10.1. The molecule has 1 aromatic heterocycles. The fraction of sp³-hybridized carbons (Fsp3) is 0.316. The van der Waals surface area contributed by atoms with Gasteiger partial charge in [0.15, 0.2) is 0 Å². The maximum absolute atomic E-state index is 12.5. The SMILES string of the molecule is CCn1cc(NC(=O)C2CC(=O)N(c3ccc(SC)cc3)C2)ccc1=O. The summed E-state index contributed by atoms with van der Waals surface area (Å²) in [5.41, 5.74) is 1.26. The van der Waals surface area contributed by atoms with Crippen molar-refractivity contribution < 1.29 is 9.59 Å². The Morgan fingerprint density at radius 3 is 2.58 bits per heavy atom. The number of rotatable bonds is 5. The number of aryl methyl sites for hydroxylation is 1. The smallest absolute Gasteiger partial charge is 0.250 e. The van der Waals surface area contributed by atoms with Crippen LogP contribution in [-0.2, 0) is 16.1 Å². The molecule has 1 aliphatic heterocycles. The fourth-order valence-electron chi connectivity index (χ4n) is 2.99. The van der Waals surface area contributed by atoms with E-state index < -0.39 is 5.92 Å². The zero-order valence-corrected chi connectivity index (χ0v) is 15.6. The third kappa shape index (κ3) is 3.83. The van der Waals surface area contributed by atoms with Crippen LogP contribution in [0.4, 0.5) is 11.4 Å². The molecule has 1 aliphatic rings. The lowest BCUT2D eigenvalue weighted by Gasteiger charge is -2.17. The van der Waals surface area contributed by atoms with Crippen molar-refractivity contribution in [2.24, 2.45) is 5.92 Å². The van der Waals surface area contributed by atoms with Gasteiger partial charge in [0.2, 0.25) is 11.8 Å². The van der Waals surface area contributed by atoms with Crippen molar-refractivity contribution in [1.29, 1.82) is 0 Å². The summed E-state index contributed by atoms with van der Waals surface area (Å²) >= 11 is 1.64. The van der Waals surface area contributed by atoms with Crippen molar-refractivity contribution in [3.05, 3.63) is 52.9 Å². The van der Waals surface area contributed by atoms with E-state index in [1.54, 1.807) is 28.9 Å². The van der Waals surface area contributed by atoms with Crippen molar-refractivity contribution >= 4 is 35.0 Å². The van der Waals surface area contributed by atoms with Crippen LogP contribution < -0.4 is 15.8 Å². The van der Waals surface area contributed by atoms with Crippen LogP contribution in [0.1, 0.15) is 13.3 Å². The van der Waals surface area contributed by atoms with E-state index in [-0.39, 0.29) is 23.8 Å². The molecule has 1 saturated heterocycles. The molecule has 26 heavy (non-hydrogen) atoms. The predicted octanol–water partition coefficient (Wildman–Crippen LogP) is 2.58. The molecule has 2 aromatic rings. The molecule has 1 fully saturated rings. The zero-order valence-electron chi connectivity index (χ0n) is 14.8. The van der Waals surface area contributed by atoms with Gasteiger partial charge in [-0.05, 0) is 43.5 Å². The minimum atomic E-state index is -0.412. The third-order valence-corrected chi connectivity index (χ3v) is 5.22. The lowest BCUT2D eigenvalue weighted by molar-refractivity contribution is -0.122. The summed E-state index contributed by atoms with van der Waals surface area (Å²) in [6.45, 7) is 2.75. The number of pyridine rings is 1. The largest absolute Gasteiger partial charge is 0.324 e. The molecule has 1 atom stereocenters. The van der Waals surface area contributed by atoms with Gasteiger partial charge in [0, 0.05) is 42.4 Å². The number of anilines is 2. The molecule has 2 heterocycles. The summed E-state index contributed by atoms with van der Waals surface area (Å²) in [5, 5.41) is 2.82. The summed E-state index contributed by atoms with van der Waals surface area (Å²) in [4.78, 5) is 39.3. The Bertz CT molecular complexity index is 876. The maximum atomic E-state index is 12.5. The lowest BCUT2D eigenvalue weighted by Crippen LogP contribution is -2.28. The van der Waals surface area contributed by atoms with Crippen molar-refractivity contribution in [3.63, 3.8) is 0 Å². The van der Waals surface area contributed by atoms with Crippen LogP contribution in [0.15, 0.2) is 52.3 Å². The molecule has 0 saturated carbocycles. The number of thioether (sulfide) groups is 1. The number of nitrogens with one attached hydrogen (secondary N) is 1. The minimum Gasteiger partial charge on any atom is -0.324 e. The molecule has 2 amide bonds. The highest BCUT2D eigenvalue weighted by molar-refractivity contribution is 7.98. The van der Waals surface area contributed by atoms with Crippen molar-refractivity contribution in [2.45, 2.75) is 24.8 Å². The first-order chi connectivity index (χ1) is 12.5. The van der Waals surface area contributed by atoms with Crippen LogP contribution in [0.3, 0.4) is 0 Å². The van der Waals surface area contributed by atoms with E-state index in [2.05, 4.69) is 5.32 Å². The van der Waals surface area contributed by atoms with Crippen molar-refractivity contribution in [1.82, 2.24) is 4.57 Å². The molecule has 0 bridgehead atoms. The molecule has 1 aromatic carbocycles. The second kappa shape index (κ2) is 7.78. The highest BCUT2D eigenvalue weighted by atomic mass is 32.2. The Morgan fingerprint density at radius 1 is 1.19 bits per heavy atom. The third-order valence-electron chi connectivity index (χ3n) is 4.47. The Kier molecular flexibility index (Phi) is 5.46. The Hall–Kier alpha value is -2.54. The van der Waals surface area contributed by atoms with Gasteiger partial charge in [0.25, 0.3) is 5.56 Å². The van der Waals surface area contributed by atoms with Crippen molar-refractivity contribution in [2.75, 3.05) is 23.0 Å². The summed E-state index contributed by atoms with van der Waals surface area (Å²) in [6.07, 6.45) is 3.80. The molecule has 3 rings (SSSR count). The molecule has 6 nitrogen and oxygen atoms in total. The number of carbonyl (C=O) groups is 2. The van der Waals surface area contributed by atoms with Crippen LogP contribution in [0, 0.1) is 5.92 Å². The number of nitrogens with zero attached hydrogens (tertiary/aromatic N) is 2. The van der Waals surface area contributed by atoms with Gasteiger partial charge in [-0.25, -0.2) is 0 Å². The molecule has 0 spiro atoms. The monoisotopic (exact) mass is 371 g/mol. The van der Waals surface area contributed by atoms with Gasteiger partial charge in [-0.15, -0.1) is 11.8 Å². The normalized spacial score (nSPS) is 16.8. The molecular weight excluding hydrogens is 350 g/mol. The minimum absolute atomic E-state index is 0.0550. The van der Waals surface area contributed by atoms with Crippen LogP contribution >= 0.6 is 11.8 Å². The fourth-order valence-corrected chi connectivity index (χ4v) is 3.40. The van der Waals surface area contributed by atoms with E-state index in [1.807, 2.05) is 37.4 Å². The van der Waals surface area contributed by atoms with E-state index in [0.717, 1.165) is 10.6 Å². The van der Waals surface area contributed by atoms with Crippen LogP contribution in [0.5, 0.6) is 0 Å². The Balaban J connectivity index is 1.69. The second-order valence-electron chi connectivity index (χ2n) is 6.13. The number of carbonyl (C=O) groups excluding carboxylic acids is 2. The summed E-state index contributed by atoms with van der Waals surface area (Å²) in [6, 6.07) is 10.8. The number of hydrogen-bond acceptors (Lipinski definition) is 4. The molecule has 7 heteroatoms. The quantitative estimate of drug-likeness (QED) is 0.820. The van der Waals surface area contributed by atoms with Gasteiger partial charge < -0.3 is 14.8 Å². The zero-order chi connectivity index (χ0) is 18.7. The van der Waals surface area contributed by atoms with Gasteiger partial charge in [0.05, 0.1) is 11.6 Å². The second-order valence-corrected chi connectivity index (χ2v) is 7.01. The van der Waals surface area contributed by atoms with Crippen molar-refractivity contribution in [3.8, 4) is 0 Å². The maximum Gasteiger partial charge on any atom is 0.250 e. The summed E-state index contributed by atoms with van der Waals surface area (Å²) < 4.78 is 1.52. The number of aromatic nitrogens is 1. The number of amides is 2. The average molecular weight is 371 g/mol. The number of hydrogen-bond donors (Lipinski definition) is 1. The average Bonchev–Trinajstić information content (AvgIpc) is 3.05. The first-order valence-electron chi connectivity index (χ1n) is 8.47. The Morgan fingerprint density at radius 2 is 1.92 bits per heavy atom. The molecular formula is C19H21N3O3S. The summed E-state index contributed by atoms with van der Waals surface area (Å²) in [7, 11) is 0. The molecule has 1 N–H and O–H groups in total. The molecule has 0 radical (unpaired) electrons. The van der Waals surface area contributed by atoms with Gasteiger partial charge in [-0.1, -0.05) is 0 Å². The van der Waals surface area contributed by atoms with Crippen LogP contribution in [0.25, 0.3) is 0 Å². The predicted molar refractivity (Wildman–Crippen MR) is 104 cm³/mol.